The van der Waals surface area contributed by atoms with Gasteiger partial charge >= 0.3 is 0 Å². The molecule has 5 nitrogen and oxygen atoms in total. The van der Waals surface area contributed by atoms with Gasteiger partial charge in [0.05, 0.1) is 12.0 Å². The standard InChI is InChI=1S/C26H50N2O3S2/c1-10-23(33(9,29)30)14-22-15-26(20(22)5,27-17-31-8)16-25(6,7)24(18(2)3)21-11-12-28-32-19(4)13-21/h10,19-24,27-30H,1-2,11-17H2,3-9H3/t19-,20+,21?,22+,23?,24?,26+/m1/s1. The maximum absolute atomic E-state index is 10.2. The summed E-state index contributed by atoms with van der Waals surface area (Å²) in [5.74, 6) is 1.92. The van der Waals surface area contributed by atoms with Crippen molar-refractivity contribution >= 4 is 22.5 Å². The third-order valence-electron chi connectivity index (χ3n) is 8.30. The Kier molecular flexibility index (Phi) is 10.5. The molecule has 3 unspecified atom stereocenters. The maximum atomic E-state index is 10.2. The van der Waals surface area contributed by atoms with Crippen molar-refractivity contribution < 1.29 is 13.8 Å². The summed E-state index contributed by atoms with van der Waals surface area (Å²) in [4.78, 5) is 0. The Morgan fingerprint density at radius 2 is 2.06 bits per heavy atom. The predicted molar refractivity (Wildman–Crippen MR) is 147 cm³/mol. The van der Waals surface area contributed by atoms with E-state index in [1.807, 2.05) is 11.9 Å². The van der Waals surface area contributed by atoms with E-state index in [2.05, 4.69) is 57.8 Å². The van der Waals surface area contributed by atoms with Crippen LogP contribution in [-0.2, 0) is 4.74 Å². The molecule has 1 saturated carbocycles. The molecule has 2 fully saturated rings. The van der Waals surface area contributed by atoms with E-state index in [4.69, 9.17) is 4.74 Å². The first-order chi connectivity index (χ1) is 15.3. The zero-order chi connectivity index (χ0) is 25.0. The summed E-state index contributed by atoms with van der Waals surface area (Å²) in [6.45, 7) is 21.6. The van der Waals surface area contributed by atoms with E-state index in [0.29, 0.717) is 35.7 Å². The lowest BCUT2D eigenvalue weighted by molar-refractivity contribution is -0.0526. The van der Waals surface area contributed by atoms with Crippen LogP contribution in [0.1, 0.15) is 66.7 Å². The molecule has 0 spiro atoms. The molecule has 1 aliphatic carbocycles. The van der Waals surface area contributed by atoms with Gasteiger partial charge in [-0.15, -0.1) is 6.58 Å². The van der Waals surface area contributed by atoms with E-state index >= 15 is 0 Å². The smallest absolute Gasteiger partial charge is 0.0965 e. The fourth-order valence-corrected chi connectivity index (χ4v) is 8.72. The van der Waals surface area contributed by atoms with Gasteiger partial charge in [0, 0.05) is 30.7 Å². The van der Waals surface area contributed by atoms with E-state index in [1.165, 1.54) is 18.4 Å². The first kappa shape index (κ1) is 29.2. The number of hydrogen-bond donors (Lipinski definition) is 4. The topological polar surface area (TPSA) is 73.8 Å². The Morgan fingerprint density at radius 3 is 2.58 bits per heavy atom. The predicted octanol–water partition coefficient (Wildman–Crippen LogP) is 6.54. The van der Waals surface area contributed by atoms with Crippen LogP contribution in [0.5, 0.6) is 0 Å². The van der Waals surface area contributed by atoms with Crippen LogP contribution in [0.4, 0.5) is 0 Å². The fourth-order valence-electron chi connectivity index (χ4n) is 6.88. The highest BCUT2D eigenvalue weighted by molar-refractivity contribution is 8.24. The van der Waals surface area contributed by atoms with Crippen LogP contribution in [0.25, 0.3) is 0 Å². The second kappa shape index (κ2) is 11.8. The van der Waals surface area contributed by atoms with Crippen LogP contribution >= 0.6 is 22.5 Å². The minimum absolute atomic E-state index is 0.0242. The van der Waals surface area contributed by atoms with Crippen LogP contribution in [0.2, 0.25) is 0 Å². The largest absolute Gasteiger partial charge is 0.370 e. The zero-order valence-corrected chi connectivity index (χ0v) is 23.7. The van der Waals surface area contributed by atoms with Gasteiger partial charge in [0.25, 0.3) is 0 Å². The number of rotatable bonds is 12. The monoisotopic (exact) mass is 502 g/mol. The maximum Gasteiger partial charge on any atom is 0.0965 e. The van der Waals surface area contributed by atoms with Crippen LogP contribution in [-0.4, -0.2) is 51.8 Å². The minimum Gasteiger partial charge on any atom is -0.370 e. The lowest BCUT2D eigenvalue weighted by Crippen LogP contribution is -2.64. The first-order valence-corrected chi connectivity index (χ1v) is 15.3. The molecule has 33 heavy (non-hydrogen) atoms. The number of nitrogens with one attached hydrogen (secondary N) is 2. The number of ether oxygens (including phenoxy) is 1. The fraction of sp³-hybridized carbons (Fsp3) is 0.846. The van der Waals surface area contributed by atoms with Crippen molar-refractivity contribution in [2.45, 2.75) is 82.8 Å². The van der Waals surface area contributed by atoms with E-state index < -0.39 is 10.6 Å². The summed E-state index contributed by atoms with van der Waals surface area (Å²) in [5, 5.41) is 4.11. The number of methoxy groups -OCH3 is 1. The number of hydrogen-bond acceptors (Lipinski definition) is 6. The zero-order valence-electron chi connectivity index (χ0n) is 22.0. The van der Waals surface area contributed by atoms with Crippen molar-refractivity contribution in [3.8, 4) is 0 Å². The Morgan fingerprint density at radius 1 is 1.39 bits per heavy atom. The van der Waals surface area contributed by atoms with Crippen LogP contribution in [0.15, 0.2) is 24.8 Å². The highest BCUT2D eigenvalue weighted by atomic mass is 32.3. The van der Waals surface area contributed by atoms with Crippen molar-refractivity contribution in [3.63, 3.8) is 0 Å². The van der Waals surface area contributed by atoms with Crippen molar-refractivity contribution in [1.82, 2.24) is 10.0 Å². The van der Waals surface area contributed by atoms with Crippen molar-refractivity contribution in [2.75, 3.05) is 26.6 Å². The summed E-state index contributed by atoms with van der Waals surface area (Å²) in [6, 6.07) is 0. The van der Waals surface area contributed by atoms with E-state index in [0.717, 1.165) is 25.8 Å². The van der Waals surface area contributed by atoms with E-state index in [9.17, 15) is 9.11 Å². The molecule has 2 aliphatic rings. The molecule has 7 atom stereocenters. The van der Waals surface area contributed by atoms with Crippen LogP contribution in [0, 0.1) is 29.1 Å². The summed E-state index contributed by atoms with van der Waals surface area (Å²) in [5.41, 5.74) is 1.35. The quantitative estimate of drug-likeness (QED) is 0.138. The molecular weight excluding hydrogens is 452 g/mol. The molecule has 0 aromatic rings. The highest BCUT2D eigenvalue weighted by Gasteiger charge is 2.55. The second-order valence-electron chi connectivity index (χ2n) is 11.5. The Balaban J connectivity index is 2.23. The molecule has 7 heteroatoms. The highest BCUT2D eigenvalue weighted by Crippen LogP contribution is 2.57. The minimum atomic E-state index is -2.63. The first-order valence-electron chi connectivity index (χ1n) is 12.4. The van der Waals surface area contributed by atoms with Gasteiger partial charge in [-0.2, -0.15) is 10.6 Å². The van der Waals surface area contributed by atoms with Gasteiger partial charge in [0.2, 0.25) is 0 Å². The molecule has 0 aromatic heterocycles. The molecule has 0 aromatic carbocycles. The van der Waals surface area contributed by atoms with Crippen molar-refractivity contribution in [3.05, 3.63) is 24.8 Å². The summed E-state index contributed by atoms with van der Waals surface area (Å²) >= 11 is 1.88. The summed E-state index contributed by atoms with van der Waals surface area (Å²) in [7, 11) is -0.892. The average molecular weight is 503 g/mol. The molecular formula is C26H50N2O3S2. The van der Waals surface area contributed by atoms with Gasteiger partial charge in [-0.1, -0.05) is 57.9 Å². The molecule has 0 bridgehead atoms. The molecule has 0 amide bonds. The molecule has 1 aliphatic heterocycles. The van der Waals surface area contributed by atoms with E-state index in [1.54, 1.807) is 19.4 Å². The third kappa shape index (κ3) is 7.25. The average Bonchev–Trinajstić information content (AvgIpc) is 2.90. The van der Waals surface area contributed by atoms with E-state index in [-0.39, 0.29) is 16.2 Å². The molecule has 194 valence electrons. The SMILES string of the molecule is C=CC(C[C@H]1C[C@@](CC(C)(C)C(C(=C)C)C2CCNS[C@H](C)C2)(NCOC)[C@H]1C)S(C)(O)O. The molecule has 1 heterocycles. The van der Waals surface area contributed by atoms with Gasteiger partial charge in [0.1, 0.15) is 0 Å². The lowest BCUT2D eigenvalue weighted by Gasteiger charge is -2.59. The van der Waals surface area contributed by atoms with Gasteiger partial charge in [-0.05, 0) is 68.1 Å². The van der Waals surface area contributed by atoms with Crippen LogP contribution < -0.4 is 10.0 Å². The second-order valence-corrected chi connectivity index (χ2v) is 15.2. The molecule has 1 saturated heterocycles. The van der Waals surface area contributed by atoms with Crippen molar-refractivity contribution in [2.24, 2.45) is 29.1 Å². The Hall–Kier alpha value is -0.0200. The molecule has 2 rings (SSSR count). The Labute approximate surface area is 209 Å². The van der Waals surface area contributed by atoms with Gasteiger partial charge < -0.3 is 4.74 Å². The normalized spacial score (nSPS) is 33.5. The Bertz CT molecular complexity index is 666. The lowest BCUT2D eigenvalue weighted by atomic mass is 9.51. The van der Waals surface area contributed by atoms with Crippen molar-refractivity contribution in [1.29, 1.82) is 0 Å². The van der Waals surface area contributed by atoms with Gasteiger partial charge in [-0.3, -0.25) is 19.1 Å². The molecule has 0 radical (unpaired) electrons. The molecule has 4 N–H and O–H groups in total. The summed E-state index contributed by atoms with van der Waals surface area (Å²) in [6.07, 6.45) is 8.50. The van der Waals surface area contributed by atoms with Gasteiger partial charge in [-0.25, -0.2) is 0 Å². The summed E-state index contributed by atoms with van der Waals surface area (Å²) < 4.78 is 29.4. The third-order valence-corrected chi connectivity index (χ3v) is 10.8. The number of allylic oxidation sites excluding steroid dienone is 1. The van der Waals surface area contributed by atoms with Gasteiger partial charge in [0.15, 0.2) is 0 Å². The van der Waals surface area contributed by atoms with Crippen LogP contribution in [0.3, 0.4) is 0 Å².